The fourth-order valence-corrected chi connectivity index (χ4v) is 7.25. The summed E-state index contributed by atoms with van der Waals surface area (Å²) in [5, 5.41) is 9.26. The number of hydrogen-bond donors (Lipinski definition) is 0. The molecule has 0 saturated carbocycles. The van der Waals surface area contributed by atoms with Crippen LogP contribution in [0.1, 0.15) is 109 Å². The number of carbonyl (C=O) groups is 1. The van der Waals surface area contributed by atoms with Crippen LogP contribution in [0.4, 0.5) is 0 Å². The van der Waals surface area contributed by atoms with Gasteiger partial charge in [-0.2, -0.15) is 0 Å². The van der Waals surface area contributed by atoms with E-state index in [1.54, 1.807) is 21.6 Å². The summed E-state index contributed by atoms with van der Waals surface area (Å²) in [4.78, 5) is 13.8. The molecule has 3 aromatic carbocycles. The summed E-state index contributed by atoms with van der Waals surface area (Å²) in [6.07, 6.45) is 15.4. The number of carboxylic acids is 1. The monoisotopic (exact) mass is 546 g/mol. The molecule has 0 radical (unpaired) electrons. The van der Waals surface area contributed by atoms with E-state index in [2.05, 4.69) is 93.6 Å². The van der Waals surface area contributed by atoms with E-state index in [0.717, 1.165) is 0 Å². The Bertz CT molecular complexity index is 991. The molecule has 0 spiro atoms. The van der Waals surface area contributed by atoms with E-state index < -0.39 is 5.97 Å². The van der Waals surface area contributed by atoms with Crippen LogP contribution in [-0.4, -0.2) is 5.97 Å². The normalized spacial score (nSPS) is 10.8. The first-order valence-corrected chi connectivity index (χ1v) is 16.5. The Hall–Kier alpha value is -2.52. The summed E-state index contributed by atoms with van der Waals surface area (Å²) in [5.74, 6) is -0.995. The third-order valence-electron chi connectivity index (χ3n) is 6.92. The molecule has 0 N–H and O–H groups in total. The van der Waals surface area contributed by atoms with E-state index in [-0.39, 0.29) is 17.3 Å². The van der Waals surface area contributed by atoms with Gasteiger partial charge in [-0.1, -0.05) is 115 Å². The lowest BCUT2D eigenvalue weighted by molar-refractivity contribution is -0.305. The molecule has 0 saturated heterocycles. The fourth-order valence-electron chi connectivity index (χ4n) is 4.80. The molecule has 3 rings (SSSR count). The third-order valence-corrected chi connectivity index (χ3v) is 9.34. The second-order valence-electron chi connectivity index (χ2n) is 10.3. The molecule has 0 aromatic heterocycles. The second-order valence-corrected chi connectivity index (χ2v) is 12.2. The number of carbonyl (C=O) groups excluding carboxylic acids is 1. The Kier molecular flexibility index (Phi) is 16.4. The Morgan fingerprint density at radius 3 is 1.36 bits per heavy atom. The van der Waals surface area contributed by atoms with Crippen molar-refractivity contribution in [3.8, 4) is 0 Å². The molecule has 0 unspecified atom stereocenters. The van der Waals surface area contributed by atoms with Gasteiger partial charge in [-0.05, 0) is 74.8 Å². The summed E-state index contributed by atoms with van der Waals surface area (Å²) in [6, 6.07) is 27.7. The SMILES string of the molecule is CCC(=O)[O-].CCCCCc1cc(CCCCC)c([S+](c2ccccc2)c2ccccc2)c(CCCCC)c1. The average molecular weight is 547 g/mol. The lowest BCUT2D eigenvalue weighted by Crippen LogP contribution is -2.19. The highest BCUT2D eigenvalue weighted by Crippen LogP contribution is 2.38. The Labute approximate surface area is 241 Å². The van der Waals surface area contributed by atoms with Crippen LogP contribution in [0.3, 0.4) is 0 Å². The Morgan fingerprint density at radius 1 is 0.615 bits per heavy atom. The molecule has 0 aliphatic carbocycles. The van der Waals surface area contributed by atoms with Gasteiger partial charge in [0, 0.05) is 17.1 Å². The van der Waals surface area contributed by atoms with Gasteiger partial charge in [-0.15, -0.1) is 0 Å². The molecule has 0 amide bonds. The van der Waals surface area contributed by atoms with Gasteiger partial charge in [-0.3, -0.25) is 0 Å². The lowest BCUT2D eigenvalue weighted by Gasteiger charge is -2.18. The first-order chi connectivity index (χ1) is 19.0. The van der Waals surface area contributed by atoms with Crippen LogP contribution < -0.4 is 5.11 Å². The topological polar surface area (TPSA) is 40.1 Å². The molecule has 3 heteroatoms. The number of aryl methyl sites for hydroxylation is 3. The van der Waals surface area contributed by atoms with Gasteiger partial charge in [0.2, 0.25) is 0 Å². The molecule has 0 aliphatic heterocycles. The van der Waals surface area contributed by atoms with E-state index in [4.69, 9.17) is 0 Å². The summed E-state index contributed by atoms with van der Waals surface area (Å²) >= 11 is 0. The first-order valence-electron chi connectivity index (χ1n) is 15.2. The molecule has 2 nitrogen and oxygen atoms in total. The third kappa shape index (κ3) is 11.6. The predicted octanol–water partition coefficient (Wildman–Crippen LogP) is 9.13. The van der Waals surface area contributed by atoms with Crippen LogP contribution in [-0.2, 0) is 35.0 Å². The minimum atomic E-state index is -0.995. The van der Waals surface area contributed by atoms with Crippen molar-refractivity contribution in [1.82, 2.24) is 0 Å². The summed E-state index contributed by atoms with van der Waals surface area (Å²) < 4.78 is 0. The zero-order valence-corrected chi connectivity index (χ0v) is 25.7. The standard InChI is InChI=1S/C33H45S.C3H6O2/c1-4-7-12-19-28-26-29(20-13-8-5-2)33(30(27-28)21-14-9-6-3)34(31-22-15-10-16-23-31)32-24-17-11-18-25-32;1-2-3(4)5/h10-11,15-18,22-27H,4-9,12-14,19-21H2,1-3H3;2H2,1H3,(H,4,5)/q+1;/p-1. The summed E-state index contributed by atoms with van der Waals surface area (Å²) in [7, 11) is -0.0642. The molecule has 0 aliphatic rings. The second kappa shape index (κ2) is 19.5. The highest BCUT2D eigenvalue weighted by molar-refractivity contribution is 7.97. The van der Waals surface area contributed by atoms with Gasteiger partial charge in [0.15, 0.2) is 14.7 Å². The van der Waals surface area contributed by atoms with Crippen molar-refractivity contribution in [1.29, 1.82) is 0 Å². The molecule has 0 bridgehead atoms. The van der Waals surface area contributed by atoms with Crippen LogP contribution in [0.25, 0.3) is 0 Å². The first kappa shape index (κ1) is 32.7. The molecule has 39 heavy (non-hydrogen) atoms. The van der Waals surface area contributed by atoms with Crippen molar-refractivity contribution in [3.05, 3.63) is 89.5 Å². The van der Waals surface area contributed by atoms with E-state index in [1.165, 1.54) is 93.8 Å². The summed E-state index contributed by atoms with van der Waals surface area (Å²) in [5.41, 5.74) is 4.80. The number of hydrogen-bond acceptors (Lipinski definition) is 2. The lowest BCUT2D eigenvalue weighted by atomic mass is 9.95. The smallest absolute Gasteiger partial charge is 0.172 e. The van der Waals surface area contributed by atoms with E-state index in [0.29, 0.717) is 0 Å². The van der Waals surface area contributed by atoms with Gasteiger partial charge in [0.25, 0.3) is 0 Å². The maximum atomic E-state index is 9.26. The maximum Gasteiger partial charge on any atom is 0.172 e. The van der Waals surface area contributed by atoms with Crippen molar-refractivity contribution >= 4 is 16.9 Å². The van der Waals surface area contributed by atoms with Gasteiger partial charge in [-0.25, -0.2) is 0 Å². The number of unbranched alkanes of at least 4 members (excludes halogenated alkanes) is 6. The zero-order valence-electron chi connectivity index (χ0n) is 24.8. The average Bonchev–Trinajstić information content (AvgIpc) is 2.96. The molecule has 0 atom stereocenters. The Morgan fingerprint density at radius 2 is 1.00 bits per heavy atom. The van der Waals surface area contributed by atoms with Crippen LogP contribution in [0.2, 0.25) is 0 Å². The maximum absolute atomic E-state index is 9.26. The largest absolute Gasteiger partial charge is 0.550 e. The molecule has 212 valence electrons. The molecular formula is C36H50O2S. The van der Waals surface area contributed by atoms with Crippen molar-refractivity contribution in [2.24, 2.45) is 0 Å². The quantitative estimate of drug-likeness (QED) is 0.133. The Balaban J connectivity index is 0.000000976. The molecule has 3 aromatic rings. The van der Waals surface area contributed by atoms with Gasteiger partial charge in [0.05, 0.1) is 10.9 Å². The minimum Gasteiger partial charge on any atom is -0.550 e. The van der Waals surface area contributed by atoms with E-state index >= 15 is 0 Å². The number of rotatable bonds is 16. The highest BCUT2D eigenvalue weighted by atomic mass is 32.2. The van der Waals surface area contributed by atoms with E-state index in [9.17, 15) is 9.90 Å². The van der Waals surface area contributed by atoms with Gasteiger partial charge in [0.1, 0.15) is 0 Å². The number of carboxylic acid groups (broad SMARTS) is 1. The summed E-state index contributed by atoms with van der Waals surface area (Å²) in [6.45, 7) is 8.48. The van der Waals surface area contributed by atoms with E-state index in [1.807, 2.05) is 0 Å². The molecule has 0 heterocycles. The van der Waals surface area contributed by atoms with Crippen molar-refractivity contribution in [2.75, 3.05) is 0 Å². The number of benzene rings is 3. The highest BCUT2D eigenvalue weighted by Gasteiger charge is 2.33. The fraction of sp³-hybridized carbons (Fsp3) is 0.472. The van der Waals surface area contributed by atoms with Crippen molar-refractivity contribution in [3.63, 3.8) is 0 Å². The molecule has 0 fully saturated rings. The van der Waals surface area contributed by atoms with Gasteiger partial charge < -0.3 is 9.90 Å². The van der Waals surface area contributed by atoms with Gasteiger partial charge >= 0.3 is 0 Å². The predicted molar refractivity (Wildman–Crippen MR) is 166 cm³/mol. The van der Waals surface area contributed by atoms with Crippen LogP contribution in [0.5, 0.6) is 0 Å². The number of aliphatic carboxylic acids is 1. The van der Waals surface area contributed by atoms with Crippen molar-refractivity contribution in [2.45, 2.75) is 126 Å². The van der Waals surface area contributed by atoms with Crippen LogP contribution in [0, 0.1) is 0 Å². The zero-order chi connectivity index (χ0) is 28.3. The van der Waals surface area contributed by atoms with Crippen molar-refractivity contribution < 1.29 is 9.90 Å². The van der Waals surface area contributed by atoms with Crippen LogP contribution in [0.15, 0.2) is 87.5 Å². The minimum absolute atomic E-state index is 0.0642. The molecular weight excluding hydrogens is 496 g/mol. The van der Waals surface area contributed by atoms with Crippen LogP contribution >= 0.6 is 0 Å².